The van der Waals surface area contributed by atoms with Crippen LogP contribution in [0.1, 0.15) is 18.1 Å². The number of cyclic esters (lactones) is 1. The van der Waals surface area contributed by atoms with E-state index in [0.29, 0.717) is 21.9 Å². The Kier molecular flexibility index (Phi) is 4.44. The predicted octanol–water partition coefficient (Wildman–Crippen LogP) is 3.61. The van der Waals surface area contributed by atoms with Crippen molar-refractivity contribution in [2.45, 2.75) is 6.92 Å². The molecule has 0 spiro atoms. The first-order valence-corrected chi connectivity index (χ1v) is 7.46. The van der Waals surface area contributed by atoms with Crippen LogP contribution >= 0.6 is 11.6 Å². The number of hydrogen-bond acceptors (Lipinski definition) is 5. The number of benzene rings is 2. The van der Waals surface area contributed by atoms with Gasteiger partial charge in [-0.05, 0) is 36.4 Å². The highest BCUT2D eigenvalue weighted by atomic mass is 35.5. The molecule has 0 saturated carbocycles. The fourth-order valence-corrected chi connectivity index (χ4v) is 2.25. The third-order valence-corrected chi connectivity index (χ3v) is 3.43. The number of halogens is 1. The molecule has 0 radical (unpaired) electrons. The van der Waals surface area contributed by atoms with E-state index < -0.39 is 11.9 Å². The Morgan fingerprint density at radius 3 is 2.58 bits per heavy atom. The van der Waals surface area contributed by atoms with E-state index in [4.69, 9.17) is 21.1 Å². The topological polar surface area (TPSA) is 65.0 Å². The molecule has 2 aromatic rings. The maximum atomic E-state index is 12.0. The van der Waals surface area contributed by atoms with Gasteiger partial charge in [0.1, 0.15) is 5.75 Å². The molecule has 120 valence electrons. The highest BCUT2D eigenvalue weighted by Gasteiger charge is 2.24. The van der Waals surface area contributed by atoms with Crippen LogP contribution in [0.5, 0.6) is 5.75 Å². The van der Waals surface area contributed by atoms with E-state index in [1.165, 1.54) is 13.0 Å². The lowest BCUT2D eigenvalue weighted by molar-refractivity contribution is -0.132. The minimum absolute atomic E-state index is 0.125. The van der Waals surface area contributed by atoms with Crippen LogP contribution in [0.25, 0.3) is 6.08 Å². The molecular weight excluding hydrogens is 330 g/mol. The zero-order valence-corrected chi connectivity index (χ0v) is 13.4. The summed E-state index contributed by atoms with van der Waals surface area (Å²) in [5.74, 6) is -0.467. The normalized spacial score (nSPS) is 15.2. The van der Waals surface area contributed by atoms with E-state index in [9.17, 15) is 9.59 Å². The van der Waals surface area contributed by atoms with Gasteiger partial charge in [0.05, 0.1) is 0 Å². The molecule has 0 saturated heterocycles. The summed E-state index contributed by atoms with van der Waals surface area (Å²) in [6.45, 7) is 1.31. The molecule has 0 aromatic heterocycles. The number of para-hydroxylation sites is 1. The summed E-state index contributed by atoms with van der Waals surface area (Å²) in [4.78, 5) is 27.4. The summed E-state index contributed by atoms with van der Waals surface area (Å²) < 4.78 is 10.3. The Morgan fingerprint density at radius 2 is 1.88 bits per heavy atom. The molecule has 3 rings (SSSR count). The molecule has 2 aromatic carbocycles. The lowest BCUT2D eigenvalue weighted by Gasteiger charge is -2.04. The van der Waals surface area contributed by atoms with Crippen LogP contribution < -0.4 is 4.74 Å². The highest BCUT2D eigenvalue weighted by molar-refractivity contribution is 6.30. The van der Waals surface area contributed by atoms with E-state index in [0.717, 1.165) is 0 Å². The molecule has 5 nitrogen and oxygen atoms in total. The summed E-state index contributed by atoms with van der Waals surface area (Å²) in [5, 5.41) is 0.578. The Morgan fingerprint density at radius 1 is 1.17 bits per heavy atom. The standard InChI is InChI=1S/C18H12ClNO4/c1-11(21)23-16-5-3-2-4-13(16)10-15-18(22)24-17(20-15)12-6-8-14(19)9-7-12/h2-10H,1H3/b15-10-. The molecule has 6 heteroatoms. The minimum Gasteiger partial charge on any atom is -0.426 e. The fourth-order valence-electron chi connectivity index (χ4n) is 2.12. The van der Waals surface area contributed by atoms with Crippen LogP contribution in [0, 0.1) is 0 Å². The third kappa shape index (κ3) is 3.52. The third-order valence-electron chi connectivity index (χ3n) is 3.18. The van der Waals surface area contributed by atoms with Gasteiger partial charge in [-0.1, -0.05) is 29.8 Å². The molecule has 1 aliphatic heterocycles. The molecule has 0 fully saturated rings. The van der Waals surface area contributed by atoms with Gasteiger partial charge in [0.25, 0.3) is 0 Å². The maximum absolute atomic E-state index is 12.0. The number of aliphatic imine (C=N–C) groups is 1. The molecule has 0 N–H and O–H groups in total. The van der Waals surface area contributed by atoms with Crippen LogP contribution in [-0.4, -0.2) is 17.8 Å². The van der Waals surface area contributed by atoms with E-state index in [1.54, 1.807) is 48.5 Å². The van der Waals surface area contributed by atoms with Gasteiger partial charge in [0.15, 0.2) is 5.70 Å². The highest BCUT2D eigenvalue weighted by Crippen LogP contribution is 2.25. The predicted molar refractivity (Wildman–Crippen MR) is 89.8 cm³/mol. The summed E-state index contributed by atoms with van der Waals surface area (Å²) in [5.41, 5.74) is 1.32. The van der Waals surface area contributed by atoms with Crippen LogP contribution in [-0.2, 0) is 14.3 Å². The van der Waals surface area contributed by atoms with Gasteiger partial charge < -0.3 is 9.47 Å². The van der Waals surface area contributed by atoms with Gasteiger partial charge in [-0.3, -0.25) is 4.79 Å². The van der Waals surface area contributed by atoms with Crippen LogP contribution in [0.2, 0.25) is 5.02 Å². The van der Waals surface area contributed by atoms with Gasteiger partial charge in [0, 0.05) is 23.1 Å². The molecule has 0 aliphatic carbocycles. The molecule has 0 bridgehead atoms. The van der Waals surface area contributed by atoms with Gasteiger partial charge in [0.2, 0.25) is 5.90 Å². The van der Waals surface area contributed by atoms with E-state index in [2.05, 4.69) is 4.99 Å². The van der Waals surface area contributed by atoms with Crippen molar-refractivity contribution in [3.05, 3.63) is 70.4 Å². The first kappa shape index (κ1) is 16.0. The number of carbonyl (C=O) groups excluding carboxylic acids is 2. The van der Waals surface area contributed by atoms with Gasteiger partial charge in [-0.15, -0.1) is 0 Å². The van der Waals surface area contributed by atoms with Crippen molar-refractivity contribution in [3.8, 4) is 5.75 Å². The minimum atomic E-state index is -0.572. The summed E-state index contributed by atoms with van der Waals surface area (Å²) >= 11 is 5.84. The summed E-state index contributed by atoms with van der Waals surface area (Å²) in [7, 11) is 0. The lowest BCUT2D eigenvalue weighted by Crippen LogP contribution is -2.05. The average Bonchev–Trinajstić information content (AvgIpc) is 2.90. The van der Waals surface area contributed by atoms with Gasteiger partial charge in [-0.25, -0.2) is 9.79 Å². The van der Waals surface area contributed by atoms with Crippen molar-refractivity contribution >= 4 is 35.5 Å². The van der Waals surface area contributed by atoms with E-state index >= 15 is 0 Å². The second-order valence-corrected chi connectivity index (χ2v) is 5.41. The Labute approximate surface area is 143 Å². The van der Waals surface area contributed by atoms with Gasteiger partial charge in [-0.2, -0.15) is 0 Å². The Hall–Kier alpha value is -2.92. The molecule has 0 atom stereocenters. The van der Waals surface area contributed by atoms with Crippen molar-refractivity contribution in [3.63, 3.8) is 0 Å². The Balaban J connectivity index is 1.94. The fraction of sp³-hybridized carbons (Fsp3) is 0.0556. The SMILES string of the molecule is CC(=O)Oc1ccccc1/C=C1\N=C(c2ccc(Cl)cc2)OC1=O. The molecule has 1 aliphatic rings. The number of rotatable bonds is 3. The number of nitrogens with zero attached hydrogens (tertiary/aromatic N) is 1. The van der Waals surface area contributed by atoms with Crippen molar-refractivity contribution < 1.29 is 19.1 Å². The molecule has 24 heavy (non-hydrogen) atoms. The molecular formula is C18H12ClNO4. The number of ether oxygens (including phenoxy) is 2. The summed E-state index contributed by atoms with van der Waals surface area (Å²) in [6.07, 6.45) is 1.52. The average molecular weight is 342 g/mol. The van der Waals surface area contributed by atoms with Gasteiger partial charge >= 0.3 is 11.9 Å². The van der Waals surface area contributed by atoms with E-state index in [1.807, 2.05) is 0 Å². The second-order valence-electron chi connectivity index (χ2n) is 4.97. The quantitative estimate of drug-likeness (QED) is 0.486. The largest absolute Gasteiger partial charge is 0.426 e. The number of carbonyl (C=O) groups is 2. The van der Waals surface area contributed by atoms with Crippen LogP contribution in [0.3, 0.4) is 0 Å². The molecule has 0 amide bonds. The van der Waals surface area contributed by atoms with Crippen LogP contribution in [0.15, 0.2) is 59.2 Å². The first-order valence-electron chi connectivity index (χ1n) is 7.09. The second kappa shape index (κ2) is 6.68. The van der Waals surface area contributed by atoms with E-state index in [-0.39, 0.29) is 11.6 Å². The zero-order chi connectivity index (χ0) is 17.1. The molecule has 1 heterocycles. The first-order chi connectivity index (χ1) is 11.5. The van der Waals surface area contributed by atoms with Crippen molar-refractivity contribution in [1.29, 1.82) is 0 Å². The van der Waals surface area contributed by atoms with Crippen molar-refractivity contribution in [2.24, 2.45) is 4.99 Å². The molecule has 0 unspecified atom stereocenters. The van der Waals surface area contributed by atoms with Crippen molar-refractivity contribution in [2.75, 3.05) is 0 Å². The number of esters is 2. The van der Waals surface area contributed by atoms with Crippen LogP contribution in [0.4, 0.5) is 0 Å². The monoisotopic (exact) mass is 341 g/mol. The maximum Gasteiger partial charge on any atom is 0.363 e. The summed E-state index contributed by atoms with van der Waals surface area (Å²) in [6, 6.07) is 13.6. The van der Waals surface area contributed by atoms with Crippen molar-refractivity contribution in [1.82, 2.24) is 0 Å². The lowest BCUT2D eigenvalue weighted by atomic mass is 10.1. The number of hydrogen-bond donors (Lipinski definition) is 0. The smallest absolute Gasteiger partial charge is 0.363 e. The zero-order valence-electron chi connectivity index (χ0n) is 12.7. The Bertz CT molecular complexity index is 869.